The lowest BCUT2D eigenvalue weighted by molar-refractivity contribution is 0.475. The number of guanidine groups is 1. The molecular formula is C19H25FIN3O2S. The molecule has 0 saturated carbocycles. The normalized spacial score (nSPS) is 11.6. The fourth-order valence-electron chi connectivity index (χ4n) is 2.47. The number of nitrogens with zero attached hydrogens (tertiary/aromatic N) is 2. The van der Waals surface area contributed by atoms with Crippen molar-refractivity contribution < 1.29 is 12.8 Å². The molecule has 0 aliphatic carbocycles. The van der Waals surface area contributed by atoms with Crippen LogP contribution in [0.3, 0.4) is 0 Å². The largest absolute Gasteiger partial charge is 0.357 e. The van der Waals surface area contributed by atoms with Crippen LogP contribution in [0.4, 0.5) is 4.39 Å². The summed E-state index contributed by atoms with van der Waals surface area (Å²) < 4.78 is 38.0. The van der Waals surface area contributed by atoms with Crippen LogP contribution < -0.4 is 5.32 Å². The van der Waals surface area contributed by atoms with Gasteiger partial charge in [-0.05, 0) is 36.8 Å². The van der Waals surface area contributed by atoms with Crippen molar-refractivity contribution in [1.82, 2.24) is 10.2 Å². The Morgan fingerprint density at radius 1 is 1.15 bits per heavy atom. The third kappa shape index (κ3) is 7.45. The third-order valence-corrected chi connectivity index (χ3v) is 5.44. The van der Waals surface area contributed by atoms with E-state index in [-0.39, 0.29) is 42.1 Å². The van der Waals surface area contributed by atoms with Gasteiger partial charge in [0.25, 0.3) is 0 Å². The van der Waals surface area contributed by atoms with Crippen LogP contribution in [0.25, 0.3) is 0 Å². The smallest absolute Gasteiger partial charge is 0.193 e. The molecule has 1 N–H and O–H groups in total. The second-order valence-corrected chi connectivity index (χ2v) is 7.96. The molecule has 0 saturated heterocycles. The van der Waals surface area contributed by atoms with Gasteiger partial charge in [0.15, 0.2) is 15.8 Å². The highest BCUT2D eigenvalue weighted by Gasteiger charge is 2.14. The number of benzene rings is 2. The number of hydrogen-bond donors (Lipinski definition) is 1. The van der Waals surface area contributed by atoms with Gasteiger partial charge in [-0.3, -0.25) is 4.99 Å². The highest BCUT2D eigenvalue weighted by atomic mass is 127. The summed E-state index contributed by atoms with van der Waals surface area (Å²) in [5.41, 5.74) is 0.815. The van der Waals surface area contributed by atoms with E-state index in [1.54, 1.807) is 36.4 Å². The Morgan fingerprint density at radius 2 is 1.85 bits per heavy atom. The number of rotatable bonds is 7. The summed E-state index contributed by atoms with van der Waals surface area (Å²) in [6.07, 6.45) is 0. The van der Waals surface area contributed by atoms with Gasteiger partial charge in [0.2, 0.25) is 0 Å². The van der Waals surface area contributed by atoms with Crippen molar-refractivity contribution in [3.63, 3.8) is 0 Å². The molecule has 0 amide bonds. The molecule has 8 heteroatoms. The molecule has 2 aromatic rings. The van der Waals surface area contributed by atoms with Crippen LogP contribution in [0.5, 0.6) is 0 Å². The molecule has 0 bridgehead atoms. The predicted octanol–water partition coefficient (Wildman–Crippen LogP) is 3.31. The van der Waals surface area contributed by atoms with Gasteiger partial charge in [0.05, 0.1) is 17.2 Å². The van der Waals surface area contributed by atoms with Gasteiger partial charge in [-0.15, -0.1) is 24.0 Å². The van der Waals surface area contributed by atoms with Crippen LogP contribution in [0.2, 0.25) is 0 Å². The first-order valence-electron chi connectivity index (χ1n) is 8.44. The molecule has 5 nitrogen and oxygen atoms in total. The van der Waals surface area contributed by atoms with Crippen LogP contribution in [0.1, 0.15) is 12.5 Å². The average Bonchev–Trinajstić information content (AvgIpc) is 2.61. The molecule has 0 heterocycles. The third-order valence-electron chi connectivity index (χ3n) is 3.73. The van der Waals surface area contributed by atoms with E-state index in [1.807, 2.05) is 24.9 Å². The Morgan fingerprint density at radius 3 is 2.48 bits per heavy atom. The fraction of sp³-hybridized carbons (Fsp3) is 0.316. The standard InChI is InChI=1S/C19H24FN3O2S.HI/c1-3-21-19(23(2)15-16-8-7-9-17(20)14-16)22-12-13-26(24,25)18-10-5-4-6-11-18;/h4-11,14H,3,12-13,15H2,1-2H3,(H,21,22);1H. The Kier molecular flexibility index (Phi) is 9.71. The number of aliphatic imine (C=N–C) groups is 1. The van der Waals surface area contributed by atoms with Crippen LogP contribution in [-0.4, -0.2) is 45.2 Å². The van der Waals surface area contributed by atoms with E-state index in [1.165, 1.54) is 12.1 Å². The van der Waals surface area contributed by atoms with Crippen molar-refractivity contribution in [1.29, 1.82) is 0 Å². The fourth-order valence-corrected chi connectivity index (χ4v) is 3.61. The molecule has 27 heavy (non-hydrogen) atoms. The minimum Gasteiger partial charge on any atom is -0.357 e. The molecule has 148 valence electrons. The number of nitrogens with one attached hydrogen (secondary N) is 1. The SMILES string of the molecule is CCNC(=NCCS(=O)(=O)c1ccccc1)N(C)Cc1cccc(F)c1.I. The predicted molar refractivity (Wildman–Crippen MR) is 118 cm³/mol. The summed E-state index contributed by atoms with van der Waals surface area (Å²) in [6, 6.07) is 14.7. The quantitative estimate of drug-likeness (QED) is 0.357. The topological polar surface area (TPSA) is 61.8 Å². The average molecular weight is 505 g/mol. The van der Waals surface area contributed by atoms with Crippen molar-refractivity contribution in [2.24, 2.45) is 4.99 Å². The molecule has 0 aliphatic heterocycles. The van der Waals surface area contributed by atoms with E-state index in [2.05, 4.69) is 10.3 Å². The second-order valence-electron chi connectivity index (χ2n) is 5.85. The van der Waals surface area contributed by atoms with Gasteiger partial charge in [0, 0.05) is 20.1 Å². The van der Waals surface area contributed by atoms with Gasteiger partial charge >= 0.3 is 0 Å². The molecular weight excluding hydrogens is 480 g/mol. The molecule has 2 rings (SSSR count). The molecule has 0 spiro atoms. The molecule has 0 radical (unpaired) electrons. The molecule has 2 aromatic carbocycles. The molecule has 0 aliphatic rings. The van der Waals surface area contributed by atoms with Crippen molar-refractivity contribution in [3.8, 4) is 0 Å². The Bertz CT molecular complexity index is 845. The van der Waals surface area contributed by atoms with Gasteiger partial charge in [-0.1, -0.05) is 30.3 Å². The zero-order chi connectivity index (χ0) is 19.0. The molecule has 0 atom stereocenters. The number of halogens is 2. The minimum absolute atomic E-state index is 0. The number of sulfone groups is 1. The van der Waals surface area contributed by atoms with Gasteiger partial charge < -0.3 is 10.2 Å². The monoisotopic (exact) mass is 505 g/mol. The summed E-state index contributed by atoms with van der Waals surface area (Å²) in [5, 5.41) is 3.13. The van der Waals surface area contributed by atoms with Crippen LogP contribution in [0, 0.1) is 5.82 Å². The first-order chi connectivity index (χ1) is 12.4. The summed E-state index contributed by atoms with van der Waals surface area (Å²) in [5.74, 6) is 0.228. The summed E-state index contributed by atoms with van der Waals surface area (Å²) in [4.78, 5) is 6.54. The summed E-state index contributed by atoms with van der Waals surface area (Å²) in [6.45, 7) is 3.20. The van der Waals surface area contributed by atoms with Crippen molar-refractivity contribution in [2.45, 2.75) is 18.4 Å². The van der Waals surface area contributed by atoms with E-state index < -0.39 is 9.84 Å². The Hall–Kier alpha value is -1.68. The van der Waals surface area contributed by atoms with E-state index in [9.17, 15) is 12.8 Å². The lowest BCUT2D eigenvalue weighted by Gasteiger charge is -2.22. The molecule has 0 aromatic heterocycles. The van der Waals surface area contributed by atoms with Crippen molar-refractivity contribution >= 4 is 39.8 Å². The molecule has 0 unspecified atom stereocenters. The van der Waals surface area contributed by atoms with E-state index in [0.717, 1.165) is 5.56 Å². The highest BCUT2D eigenvalue weighted by molar-refractivity contribution is 14.0. The lowest BCUT2D eigenvalue weighted by Crippen LogP contribution is -2.38. The van der Waals surface area contributed by atoms with Gasteiger partial charge in [-0.2, -0.15) is 0 Å². The first kappa shape index (κ1) is 23.4. The first-order valence-corrected chi connectivity index (χ1v) is 10.1. The summed E-state index contributed by atoms with van der Waals surface area (Å²) in [7, 11) is -1.53. The maximum atomic E-state index is 13.3. The zero-order valence-corrected chi connectivity index (χ0v) is 18.6. The van der Waals surface area contributed by atoms with Crippen molar-refractivity contribution in [3.05, 3.63) is 66.0 Å². The maximum absolute atomic E-state index is 13.3. The zero-order valence-electron chi connectivity index (χ0n) is 15.4. The van der Waals surface area contributed by atoms with E-state index >= 15 is 0 Å². The van der Waals surface area contributed by atoms with Crippen LogP contribution in [0.15, 0.2) is 64.5 Å². The summed E-state index contributed by atoms with van der Waals surface area (Å²) >= 11 is 0. The van der Waals surface area contributed by atoms with Crippen molar-refractivity contribution in [2.75, 3.05) is 25.9 Å². The maximum Gasteiger partial charge on any atom is 0.193 e. The Balaban J connectivity index is 0.00000364. The lowest BCUT2D eigenvalue weighted by atomic mass is 10.2. The van der Waals surface area contributed by atoms with Crippen LogP contribution >= 0.6 is 24.0 Å². The Labute approximate surface area is 177 Å². The minimum atomic E-state index is -3.36. The van der Waals surface area contributed by atoms with Gasteiger partial charge in [0.1, 0.15) is 5.82 Å². The van der Waals surface area contributed by atoms with E-state index in [4.69, 9.17) is 0 Å². The molecule has 0 fully saturated rings. The van der Waals surface area contributed by atoms with Crippen LogP contribution in [-0.2, 0) is 16.4 Å². The second kappa shape index (κ2) is 11.2. The number of hydrogen-bond acceptors (Lipinski definition) is 3. The highest BCUT2D eigenvalue weighted by Crippen LogP contribution is 2.10. The van der Waals surface area contributed by atoms with E-state index in [0.29, 0.717) is 23.9 Å². The van der Waals surface area contributed by atoms with Gasteiger partial charge in [-0.25, -0.2) is 12.8 Å².